The Balaban J connectivity index is 2.09. The molecule has 17 heavy (non-hydrogen) atoms. The van der Waals surface area contributed by atoms with Crippen molar-refractivity contribution in [2.45, 2.75) is 6.92 Å². The third kappa shape index (κ3) is 3.14. The lowest BCUT2D eigenvalue weighted by atomic mass is 10.3. The largest absolute Gasteiger partial charge is 0.352 e. The summed E-state index contributed by atoms with van der Waals surface area (Å²) in [5.74, 6) is 0.237. The van der Waals surface area contributed by atoms with Crippen LogP contribution in [0.25, 0.3) is 5.65 Å². The van der Waals surface area contributed by atoms with Crippen LogP contribution in [0, 0.1) is 6.92 Å². The number of hydrogen-bond acceptors (Lipinski definition) is 5. The molecule has 0 fully saturated rings. The molecule has 2 rings (SSSR count). The average molecular weight is 255 g/mol. The van der Waals surface area contributed by atoms with Gasteiger partial charge in [-0.15, -0.1) is 5.10 Å². The monoisotopic (exact) mass is 255 g/mol. The van der Waals surface area contributed by atoms with Crippen molar-refractivity contribution in [3.05, 3.63) is 23.9 Å². The molecule has 0 atom stereocenters. The Morgan fingerprint density at radius 1 is 1.53 bits per heavy atom. The number of nitrogens with two attached hydrogens (primary N) is 1. The molecular weight excluding hydrogens is 242 g/mol. The Labute approximate surface area is 98.7 Å². The van der Waals surface area contributed by atoms with Gasteiger partial charge in [-0.1, -0.05) is 0 Å². The first-order valence-electron chi connectivity index (χ1n) is 5.01. The fourth-order valence-electron chi connectivity index (χ4n) is 1.36. The lowest BCUT2D eigenvalue weighted by Crippen LogP contribution is -2.22. The van der Waals surface area contributed by atoms with Crippen LogP contribution in [0.2, 0.25) is 0 Å². The van der Waals surface area contributed by atoms with Crippen LogP contribution >= 0.6 is 0 Å². The van der Waals surface area contributed by atoms with Crippen molar-refractivity contribution in [3.8, 4) is 0 Å². The Hall–Kier alpha value is -1.67. The molecule has 0 saturated carbocycles. The van der Waals surface area contributed by atoms with Gasteiger partial charge in [0.1, 0.15) is 0 Å². The Morgan fingerprint density at radius 2 is 2.29 bits per heavy atom. The smallest absolute Gasteiger partial charge is 0.243 e. The molecular formula is C9H13N5O2S. The van der Waals surface area contributed by atoms with Gasteiger partial charge in [-0.3, -0.25) is 0 Å². The normalized spacial score (nSPS) is 11.9. The number of nitrogens with one attached hydrogen (secondary N) is 1. The van der Waals surface area contributed by atoms with Crippen LogP contribution in [0.15, 0.2) is 18.3 Å². The van der Waals surface area contributed by atoms with Crippen molar-refractivity contribution in [1.29, 1.82) is 0 Å². The van der Waals surface area contributed by atoms with Crippen LogP contribution in [-0.4, -0.2) is 35.3 Å². The fourth-order valence-corrected chi connectivity index (χ4v) is 1.75. The third-order valence-corrected chi connectivity index (χ3v) is 2.94. The predicted molar refractivity (Wildman–Crippen MR) is 64.2 cm³/mol. The van der Waals surface area contributed by atoms with E-state index < -0.39 is 10.0 Å². The molecule has 0 spiro atoms. The molecule has 2 aromatic rings. The van der Waals surface area contributed by atoms with Crippen molar-refractivity contribution in [2.24, 2.45) is 5.14 Å². The molecule has 7 nitrogen and oxygen atoms in total. The van der Waals surface area contributed by atoms with Crippen molar-refractivity contribution >= 4 is 21.6 Å². The molecule has 0 radical (unpaired) electrons. The summed E-state index contributed by atoms with van der Waals surface area (Å²) in [6.07, 6.45) is 1.79. The van der Waals surface area contributed by atoms with Gasteiger partial charge in [-0.2, -0.15) is 4.98 Å². The van der Waals surface area contributed by atoms with Crippen LogP contribution in [0.4, 0.5) is 5.95 Å². The van der Waals surface area contributed by atoms with Crippen LogP contribution < -0.4 is 10.5 Å². The van der Waals surface area contributed by atoms with Crippen molar-refractivity contribution in [2.75, 3.05) is 17.6 Å². The van der Waals surface area contributed by atoms with Crippen molar-refractivity contribution < 1.29 is 8.42 Å². The quantitative estimate of drug-likeness (QED) is 0.783. The molecule has 2 aromatic heterocycles. The summed E-state index contributed by atoms with van der Waals surface area (Å²) in [7, 11) is -3.46. The molecule has 2 heterocycles. The maximum atomic E-state index is 10.7. The predicted octanol–water partition coefficient (Wildman–Crippen LogP) is -0.262. The molecule has 92 valence electrons. The van der Waals surface area contributed by atoms with Crippen molar-refractivity contribution in [1.82, 2.24) is 14.6 Å². The number of anilines is 1. The second-order valence-corrected chi connectivity index (χ2v) is 5.47. The van der Waals surface area contributed by atoms with Crippen LogP contribution in [0.3, 0.4) is 0 Å². The molecule has 0 aliphatic rings. The number of pyridine rings is 1. The number of primary sulfonamides is 1. The highest BCUT2D eigenvalue weighted by Crippen LogP contribution is 2.07. The number of nitrogens with zero attached hydrogens (tertiary/aromatic N) is 3. The minimum Gasteiger partial charge on any atom is -0.352 e. The molecule has 0 amide bonds. The lowest BCUT2D eigenvalue weighted by molar-refractivity contribution is 0.598. The molecule has 0 aromatic carbocycles. The number of aromatic nitrogens is 3. The van der Waals surface area contributed by atoms with Gasteiger partial charge in [0.15, 0.2) is 5.65 Å². The van der Waals surface area contributed by atoms with E-state index in [1.165, 1.54) is 0 Å². The molecule has 8 heteroatoms. The highest BCUT2D eigenvalue weighted by Gasteiger charge is 2.05. The lowest BCUT2D eigenvalue weighted by Gasteiger charge is -1.98. The highest BCUT2D eigenvalue weighted by molar-refractivity contribution is 7.89. The average Bonchev–Trinajstić information content (AvgIpc) is 2.57. The van der Waals surface area contributed by atoms with E-state index in [0.717, 1.165) is 5.56 Å². The Morgan fingerprint density at radius 3 is 3.00 bits per heavy atom. The SMILES string of the molecule is Cc1ccn2nc(NCCS(N)(=O)=O)nc2c1. The van der Waals surface area contributed by atoms with Crippen molar-refractivity contribution in [3.63, 3.8) is 0 Å². The second-order valence-electron chi connectivity index (χ2n) is 3.74. The van der Waals surface area contributed by atoms with Gasteiger partial charge in [0.2, 0.25) is 16.0 Å². The van der Waals surface area contributed by atoms with E-state index in [9.17, 15) is 8.42 Å². The van der Waals surface area contributed by atoms with Gasteiger partial charge in [-0.25, -0.2) is 18.1 Å². The maximum Gasteiger partial charge on any atom is 0.243 e. The zero-order valence-electron chi connectivity index (χ0n) is 9.29. The minimum atomic E-state index is -3.46. The van der Waals surface area contributed by atoms with Crippen LogP contribution in [0.1, 0.15) is 5.56 Å². The summed E-state index contributed by atoms with van der Waals surface area (Å²) < 4.78 is 23.1. The number of rotatable bonds is 4. The van der Waals surface area contributed by atoms with Gasteiger partial charge in [0.25, 0.3) is 0 Å². The van der Waals surface area contributed by atoms with E-state index >= 15 is 0 Å². The van der Waals surface area contributed by atoms with E-state index in [1.54, 1.807) is 10.7 Å². The molecule has 0 unspecified atom stereocenters. The van der Waals surface area contributed by atoms with Gasteiger partial charge >= 0.3 is 0 Å². The van der Waals surface area contributed by atoms with Gasteiger partial charge < -0.3 is 5.32 Å². The highest BCUT2D eigenvalue weighted by atomic mass is 32.2. The summed E-state index contributed by atoms with van der Waals surface area (Å²) >= 11 is 0. The molecule has 0 saturated heterocycles. The Kier molecular flexibility index (Phi) is 2.99. The first-order valence-corrected chi connectivity index (χ1v) is 6.73. The number of fused-ring (bicyclic) bond motifs is 1. The summed E-state index contributed by atoms with van der Waals surface area (Å²) in [6, 6.07) is 3.80. The first kappa shape index (κ1) is 11.8. The third-order valence-electron chi connectivity index (χ3n) is 2.16. The minimum absolute atomic E-state index is 0.151. The summed E-state index contributed by atoms with van der Waals surface area (Å²) in [6.45, 7) is 2.15. The number of sulfonamides is 1. The van der Waals surface area contributed by atoms with Crippen LogP contribution in [0.5, 0.6) is 0 Å². The molecule has 0 bridgehead atoms. The Bertz CT molecular complexity index is 634. The van der Waals surface area contributed by atoms with E-state index in [-0.39, 0.29) is 12.3 Å². The number of hydrogen-bond donors (Lipinski definition) is 2. The topological polar surface area (TPSA) is 102 Å². The molecule has 0 aliphatic heterocycles. The van der Waals surface area contributed by atoms with E-state index in [4.69, 9.17) is 5.14 Å². The maximum absolute atomic E-state index is 10.7. The van der Waals surface area contributed by atoms with E-state index in [1.807, 2.05) is 19.1 Å². The zero-order chi connectivity index (χ0) is 12.5. The second kappa shape index (κ2) is 4.30. The zero-order valence-corrected chi connectivity index (χ0v) is 10.1. The first-order chi connectivity index (χ1) is 7.94. The summed E-state index contributed by atoms with van der Waals surface area (Å²) in [5.41, 5.74) is 1.80. The summed E-state index contributed by atoms with van der Waals surface area (Å²) in [5, 5.41) is 11.8. The van der Waals surface area contributed by atoms with E-state index in [0.29, 0.717) is 11.6 Å². The van der Waals surface area contributed by atoms with Crippen LogP contribution in [-0.2, 0) is 10.0 Å². The fraction of sp³-hybridized carbons (Fsp3) is 0.333. The summed E-state index contributed by atoms with van der Waals surface area (Å²) in [4.78, 5) is 4.20. The number of aryl methyl sites for hydroxylation is 1. The molecule has 3 N–H and O–H groups in total. The van der Waals surface area contributed by atoms with Gasteiger partial charge in [0, 0.05) is 12.7 Å². The van der Waals surface area contributed by atoms with E-state index in [2.05, 4.69) is 15.4 Å². The van der Waals surface area contributed by atoms with Gasteiger partial charge in [-0.05, 0) is 24.6 Å². The standard InChI is InChI=1S/C9H13N5O2S/c1-7-2-4-14-8(6-7)12-9(13-14)11-3-5-17(10,15)16/h2,4,6H,3,5H2,1H3,(H,11,13)(H2,10,15,16). The molecule has 0 aliphatic carbocycles. The van der Waals surface area contributed by atoms with Gasteiger partial charge in [0.05, 0.1) is 5.75 Å².